The van der Waals surface area contributed by atoms with Crippen LogP contribution in [0.25, 0.3) is 0 Å². The van der Waals surface area contributed by atoms with Crippen LogP contribution in [-0.4, -0.2) is 19.5 Å². The number of hydrogen-bond acceptors (Lipinski definition) is 2. The number of nitrogens with one attached hydrogen (secondary N) is 1. The first-order valence-corrected chi connectivity index (χ1v) is 9.03. The number of aromatic nitrogens is 1. The Hall–Kier alpha value is -1.01. The van der Waals surface area contributed by atoms with Gasteiger partial charge in [0.15, 0.2) is 0 Å². The smallest absolute Gasteiger partial charge is 0.240 e. The summed E-state index contributed by atoms with van der Waals surface area (Å²) in [6.45, 7) is 4.37. The lowest BCUT2D eigenvalue weighted by molar-refractivity contribution is 0.581. The van der Waals surface area contributed by atoms with Crippen molar-refractivity contribution in [2.45, 2.75) is 25.2 Å². The van der Waals surface area contributed by atoms with Crippen molar-refractivity contribution in [3.05, 3.63) is 51.3 Å². The first-order chi connectivity index (χ1) is 10.2. The van der Waals surface area contributed by atoms with Gasteiger partial charge in [0.1, 0.15) is 0 Å². The summed E-state index contributed by atoms with van der Waals surface area (Å²) in [5.74, 6) is 0. The Morgan fingerprint density at radius 3 is 2.36 bits per heavy atom. The van der Waals surface area contributed by atoms with Gasteiger partial charge in [-0.15, -0.1) is 0 Å². The molecule has 0 aliphatic heterocycles. The van der Waals surface area contributed by atoms with Crippen LogP contribution >= 0.6 is 23.2 Å². The minimum atomic E-state index is -3.59. The highest BCUT2D eigenvalue weighted by molar-refractivity contribution is 7.89. The van der Waals surface area contributed by atoms with E-state index in [0.717, 1.165) is 17.0 Å². The van der Waals surface area contributed by atoms with Crippen molar-refractivity contribution in [2.24, 2.45) is 7.05 Å². The van der Waals surface area contributed by atoms with Gasteiger partial charge < -0.3 is 4.57 Å². The van der Waals surface area contributed by atoms with Gasteiger partial charge in [-0.2, -0.15) is 0 Å². The summed E-state index contributed by atoms with van der Waals surface area (Å²) >= 11 is 11.7. The molecule has 0 saturated carbocycles. The Morgan fingerprint density at radius 1 is 1.14 bits per heavy atom. The van der Waals surface area contributed by atoms with E-state index in [1.807, 2.05) is 20.9 Å². The molecule has 0 spiro atoms. The second-order valence-corrected chi connectivity index (χ2v) is 7.76. The number of sulfonamides is 1. The number of hydrogen-bond donors (Lipinski definition) is 1. The van der Waals surface area contributed by atoms with Crippen molar-refractivity contribution in [2.75, 3.05) is 6.54 Å². The molecule has 0 amide bonds. The summed E-state index contributed by atoms with van der Waals surface area (Å²) in [6.07, 6.45) is 0.633. The first kappa shape index (κ1) is 17.3. The maximum absolute atomic E-state index is 12.2. The van der Waals surface area contributed by atoms with Crippen LogP contribution in [0.3, 0.4) is 0 Å². The quantitative estimate of drug-likeness (QED) is 0.887. The van der Waals surface area contributed by atoms with Crippen LogP contribution < -0.4 is 4.72 Å². The lowest BCUT2D eigenvalue weighted by atomic mass is 10.2. The molecule has 0 unspecified atom stereocenters. The lowest BCUT2D eigenvalue weighted by Crippen LogP contribution is -2.26. The van der Waals surface area contributed by atoms with Crippen molar-refractivity contribution < 1.29 is 8.42 Å². The second kappa shape index (κ2) is 6.62. The van der Waals surface area contributed by atoms with Crippen LogP contribution in [0.15, 0.2) is 29.2 Å². The van der Waals surface area contributed by atoms with Gasteiger partial charge in [0, 0.05) is 25.0 Å². The van der Waals surface area contributed by atoms with E-state index in [1.165, 1.54) is 18.2 Å². The molecule has 2 aromatic rings. The predicted molar refractivity (Wildman–Crippen MR) is 90.2 cm³/mol. The summed E-state index contributed by atoms with van der Waals surface area (Å²) in [5.41, 5.74) is 3.43. The van der Waals surface area contributed by atoms with Crippen molar-refractivity contribution in [3.63, 3.8) is 0 Å². The maximum Gasteiger partial charge on any atom is 0.240 e. The fourth-order valence-corrected chi connectivity index (χ4v) is 3.65. The zero-order chi connectivity index (χ0) is 16.5. The van der Waals surface area contributed by atoms with Gasteiger partial charge in [0.25, 0.3) is 0 Å². The Morgan fingerprint density at radius 2 is 1.82 bits per heavy atom. The summed E-state index contributed by atoms with van der Waals surface area (Å²) < 4.78 is 29.1. The van der Waals surface area contributed by atoms with Gasteiger partial charge in [0.2, 0.25) is 10.0 Å². The molecule has 0 radical (unpaired) electrons. The molecule has 1 heterocycles. The molecule has 1 aromatic carbocycles. The monoisotopic (exact) mass is 360 g/mol. The Bertz CT molecular complexity index is 798. The highest BCUT2D eigenvalue weighted by Crippen LogP contribution is 2.24. The Balaban J connectivity index is 2.06. The predicted octanol–water partition coefficient (Wildman–Crippen LogP) is 3.47. The minimum Gasteiger partial charge on any atom is -0.352 e. The van der Waals surface area contributed by atoms with E-state index in [4.69, 9.17) is 23.2 Å². The van der Waals surface area contributed by atoms with Crippen molar-refractivity contribution >= 4 is 33.2 Å². The Labute approximate surface area is 141 Å². The molecule has 1 aromatic heterocycles. The summed E-state index contributed by atoms with van der Waals surface area (Å²) in [7, 11) is -1.59. The molecule has 2 rings (SSSR count). The van der Waals surface area contributed by atoms with Crippen molar-refractivity contribution in [1.82, 2.24) is 9.29 Å². The molecule has 0 aliphatic carbocycles. The molecule has 1 N–H and O–H groups in total. The number of nitrogens with zero attached hydrogens (tertiary/aromatic N) is 1. The van der Waals surface area contributed by atoms with Gasteiger partial charge in [-0.05, 0) is 50.1 Å². The van der Waals surface area contributed by atoms with Gasteiger partial charge in [-0.25, -0.2) is 13.1 Å². The van der Waals surface area contributed by atoms with E-state index >= 15 is 0 Å². The summed E-state index contributed by atoms with van der Waals surface area (Å²) in [6, 6.07) is 6.34. The van der Waals surface area contributed by atoms with Gasteiger partial charge >= 0.3 is 0 Å². The number of rotatable bonds is 5. The number of benzene rings is 1. The number of halogens is 2. The molecule has 7 heteroatoms. The van der Waals surface area contributed by atoms with Gasteiger partial charge in [0.05, 0.1) is 14.9 Å². The summed E-state index contributed by atoms with van der Waals surface area (Å²) in [4.78, 5) is 0.114. The largest absolute Gasteiger partial charge is 0.352 e. The third kappa shape index (κ3) is 3.66. The van der Waals surface area contributed by atoms with Gasteiger partial charge in [-0.3, -0.25) is 0 Å². The lowest BCUT2D eigenvalue weighted by Gasteiger charge is -2.08. The fraction of sp³-hybridized carbons (Fsp3) is 0.333. The van der Waals surface area contributed by atoms with Crippen LogP contribution in [-0.2, 0) is 23.5 Å². The van der Waals surface area contributed by atoms with Crippen LogP contribution in [0.1, 0.15) is 17.0 Å². The van der Waals surface area contributed by atoms with E-state index in [0.29, 0.717) is 18.0 Å². The SMILES string of the molecule is Cc1cc(CCNS(=O)(=O)c2ccc(Cl)c(Cl)c2)c(C)n1C. The fourth-order valence-electron chi connectivity index (χ4n) is 2.23. The van der Waals surface area contributed by atoms with E-state index in [2.05, 4.69) is 15.4 Å². The number of aryl methyl sites for hydroxylation is 1. The van der Waals surface area contributed by atoms with E-state index in [9.17, 15) is 8.42 Å². The third-order valence-electron chi connectivity index (χ3n) is 3.77. The molecule has 0 fully saturated rings. The normalized spacial score (nSPS) is 11.9. The van der Waals surface area contributed by atoms with E-state index in [-0.39, 0.29) is 9.92 Å². The Kier molecular flexibility index (Phi) is 5.22. The van der Waals surface area contributed by atoms with Crippen LogP contribution in [0.2, 0.25) is 10.0 Å². The highest BCUT2D eigenvalue weighted by atomic mass is 35.5. The molecular weight excluding hydrogens is 343 g/mol. The second-order valence-electron chi connectivity index (χ2n) is 5.18. The zero-order valence-electron chi connectivity index (χ0n) is 12.7. The molecule has 120 valence electrons. The van der Waals surface area contributed by atoms with Crippen molar-refractivity contribution in [1.29, 1.82) is 0 Å². The zero-order valence-corrected chi connectivity index (χ0v) is 15.0. The average Bonchev–Trinajstić information content (AvgIpc) is 2.69. The van der Waals surface area contributed by atoms with Crippen LogP contribution in [0.4, 0.5) is 0 Å². The molecule has 0 aliphatic rings. The molecule has 22 heavy (non-hydrogen) atoms. The molecule has 0 saturated heterocycles. The maximum atomic E-state index is 12.2. The molecule has 0 bridgehead atoms. The van der Waals surface area contributed by atoms with E-state index < -0.39 is 10.0 Å². The molecule has 4 nitrogen and oxygen atoms in total. The topological polar surface area (TPSA) is 51.1 Å². The molecule has 0 atom stereocenters. The van der Waals surface area contributed by atoms with E-state index in [1.54, 1.807) is 0 Å². The minimum absolute atomic E-state index is 0.114. The molecular formula is C15H18Cl2N2O2S. The van der Waals surface area contributed by atoms with Gasteiger partial charge in [-0.1, -0.05) is 23.2 Å². The van der Waals surface area contributed by atoms with Crippen molar-refractivity contribution in [3.8, 4) is 0 Å². The highest BCUT2D eigenvalue weighted by Gasteiger charge is 2.15. The summed E-state index contributed by atoms with van der Waals surface area (Å²) in [5, 5.41) is 0.551. The third-order valence-corrected chi connectivity index (χ3v) is 5.97. The first-order valence-electron chi connectivity index (χ1n) is 6.79. The standard InChI is InChI=1S/C15H18Cl2N2O2S/c1-10-8-12(11(2)19(10)3)6-7-18-22(20,21)13-4-5-14(16)15(17)9-13/h4-5,8-9,18H,6-7H2,1-3H3. The van der Waals surface area contributed by atoms with Crippen LogP contribution in [0, 0.1) is 13.8 Å². The van der Waals surface area contributed by atoms with Crippen LogP contribution in [0.5, 0.6) is 0 Å². The average molecular weight is 361 g/mol.